The summed E-state index contributed by atoms with van der Waals surface area (Å²) < 4.78 is 1.74. The van der Waals surface area contributed by atoms with Crippen molar-refractivity contribution in [3.8, 4) is 22.9 Å². The minimum absolute atomic E-state index is 0.158. The van der Waals surface area contributed by atoms with Crippen LogP contribution in [0.5, 0.6) is 0 Å². The van der Waals surface area contributed by atoms with Crippen LogP contribution in [-0.2, 0) is 0 Å². The molecule has 1 N–H and O–H groups in total. The molecule has 138 valence electrons. The first-order chi connectivity index (χ1) is 13.8. The highest BCUT2D eigenvalue weighted by atomic mass is 15.4. The fourth-order valence-electron chi connectivity index (χ4n) is 3.92. The molecular weight excluding hydrogens is 350 g/mol. The number of aromatic nitrogens is 5. The molecule has 7 heteroatoms. The lowest BCUT2D eigenvalue weighted by Gasteiger charge is -2.33. The summed E-state index contributed by atoms with van der Waals surface area (Å²) in [7, 11) is 0. The second-order valence-corrected chi connectivity index (χ2v) is 7.05. The number of hydrogen-bond donors (Lipinski definition) is 1. The number of pyridine rings is 1. The van der Waals surface area contributed by atoms with Crippen molar-refractivity contribution in [2.24, 2.45) is 5.92 Å². The van der Waals surface area contributed by atoms with Gasteiger partial charge in [-0.3, -0.25) is 0 Å². The van der Waals surface area contributed by atoms with Gasteiger partial charge >= 0.3 is 0 Å². The number of nitriles is 1. The molecule has 7 nitrogen and oxygen atoms in total. The van der Waals surface area contributed by atoms with Crippen LogP contribution < -0.4 is 4.90 Å². The molecule has 1 aliphatic heterocycles. The van der Waals surface area contributed by atoms with E-state index in [1.54, 1.807) is 10.9 Å². The second-order valence-electron chi connectivity index (χ2n) is 7.05. The zero-order valence-corrected chi connectivity index (χ0v) is 15.3. The van der Waals surface area contributed by atoms with Crippen molar-refractivity contribution in [3.63, 3.8) is 0 Å². The van der Waals surface area contributed by atoms with Crippen LogP contribution in [0.15, 0.2) is 55.1 Å². The van der Waals surface area contributed by atoms with E-state index in [2.05, 4.69) is 49.4 Å². The van der Waals surface area contributed by atoms with E-state index in [0.29, 0.717) is 0 Å². The van der Waals surface area contributed by atoms with E-state index in [9.17, 15) is 5.26 Å². The van der Waals surface area contributed by atoms with Gasteiger partial charge in [-0.1, -0.05) is 17.3 Å². The third-order valence-electron chi connectivity index (χ3n) is 5.42. The van der Waals surface area contributed by atoms with Crippen molar-refractivity contribution in [2.75, 3.05) is 18.0 Å². The number of fused-ring (bicyclic) bond motifs is 1. The van der Waals surface area contributed by atoms with Crippen molar-refractivity contribution in [1.29, 1.82) is 5.26 Å². The highest BCUT2D eigenvalue weighted by Crippen LogP contribution is 2.38. The average molecular weight is 369 g/mol. The molecule has 1 aliphatic rings. The highest BCUT2D eigenvalue weighted by Gasteiger charge is 2.23. The molecule has 28 heavy (non-hydrogen) atoms. The summed E-state index contributed by atoms with van der Waals surface area (Å²) in [5.74, 6) is 0.158. The van der Waals surface area contributed by atoms with E-state index >= 15 is 0 Å². The van der Waals surface area contributed by atoms with Gasteiger partial charge in [0, 0.05) is 42.4 Å². The topological polar surface area (TPSA) is 86.4 Å². The van der Waals surface area contributed by atoms with E-state index < -0.39 is 0 Å². The Labute approximate surface area is 162 Å². The lowest BCUT2D eigenvalue weighted by Crippen LogP contribution is -2.33. The van der Waals surface area contributed by atoms with E-state index in [-0.39, 0.29) is 5.92 Å². The molecule has 3 aromatic heterocycles. The zero-order chi connectivity index (χ0) is 18.9. The maximum atomic E-state index is 9.23. The summed E-state index contributed by atoms with van der Waals surface area (Å²) in [5, 5.41) is 18.3. The van der Waals surface area contributed by atoms with Gasteiger partial charge in [-0.2, -0.15) is 5.26 Å². The Morgan fingerprint density at radius 1 is 1.11 bits per heavy atom. The molecule has 4 aromatic rings. The van der Waals surface area contributed by atoms with E-state index in [0.717, 1.165) is 53.8 Å². The standard InChI is InChI=1S/C21H19N7/c22-13-15-6-10-27(11-7-15)20-18-5-8-23-21(18)24-14-19(20)16-1-3-17(4-2-16)28-12-9-25-26-28/h1-5,8-9,12,14-15H,6-7,10-11H2,(H,23,24). The predicted molar refractivity (Wildman–Crippen MR) is 107 cm³/mol. The first-order valence-electron chi connectivity index (χ1n) is 9.41. The monoisotopic (exact) mass is 369 g/mol. The van der Waals surface area contributed by atoms with Crippen LogP contribution >= 0.6 is 0 Å². The van der Waals surface area contributed by atoms with Crippen LogP contribution in [-0.4, -0.2) is 38.1 Å². The molecule has 0 aliphatic carbocycles. The van der Waals surface area contributed by atoms with Gasteiger partial charge < -0.3 is 9.88 Å². The fourth-order valence-corrected chi connectivity index (χ4v) is 3.92. The second kappa shape index (κ2) is 6.82. The normalized spacial score (nSPS) is 15.0. The minimum atomic E-state index is 0.158. The van der Waals surface area contributed by atoms with Gasteiger partial charge in [-0.25, -0.2) is 9.67 Å². The van der Waals surface area contributed by atoms with Crippen LogP contribution in [0.4, 0.5) is 5.69 Å². The lowest BCUT2D eigenvalue weighted by molar-refractivity contribution is 0.488. The van der Waals surface area contributed by atoms with Crippen molar-refractivity contribution >= 4 is 16.7 Å². The third kappa shape index (κ3) is 2.79. The Bertz CT molecular complexity index is 1130. The molecular formula is C21H19N7. The van der Waals surface area contributed by atoms with Gasteiger partial charge in [0.2, 0.25) is 0 Å². The summed E-state index contributed by atoms with van der Waals surface area (Å²) in [4.78, 5) is 10.2. The van der Waals surface area contributed by atoms with Crippen molar-refractivity contribution in [1.82, 2.24) is 25.0 Å². The van der Waals surface area contributed by atoms with E-state index in [4.69, 9.17) is 0 Å². The van der Waals surface area contributed by atoms with Gasteiger partial charge in [0.05, 0.1) is 29.8 Å². The molecule has 1 fully saturated rings. The summed E-state index contributed by atoms with van der Waals surface area (Å²) >= 11 is 0. The van der Waals surface area contributed by atoms with Crippen LogP contribution in [0.25, 0.3) is 27.8 Å². The number of benzene rings is 1. The fraction of sp³-hybridized carbons (Fsp3) is 0.238. The number of piperidine rings is 1. The van der Waals surface area contributed by atoms with E-state index in [1.807, 2.05) is 30.7 Å². The molecule has 5 rings (SSSR count). The Morgan fingerprint density at radius 3 is 2.64 bits per heavy atom. The molecule has 0 bridgehead atoms. The summed E-state index contributed by atoms with van der Waals surface area (Å²) in [6, 6.07) is 12.8. The van der Waals surface area contributed by atoms with Gasteiger partial charge in [-0.05, 0) is 36.6 Å². The average Bonchev–Trinajstić information content (AvgIpc) is 3.45. The predicted octanol–water partition coefficient (Wildman–Crippen LogP) is 3.55. The molecule has 4 heterocycles. The molecule has 0 unspecified atom stereocenters. The van der Waals surface area contributed by atoms with Crippen LogP contribution in [0.1, 0.15) is 12.8 Å². The van der Waals surface area contributed by atoms with E-state index in [1.165, 1.54) is 5.69 Å². The number of H-pyrrole nitrogens is 1. The third-order valence-corrected chi connectivity index (χ3v) is 5.42. The number of rotatable bonds is 3. The molecule has 0 spiro atoms. The Kier molecular flexibility index (Phi) is 4.02. The first-order valence-corrected chi connectivity index (χ1v) is 9.41. The highest BCUT2D eigenvalue weighted by molar-refractivity contribution is 5.98. The molecule has 0 radical (unpaired) electrons. The van der Waals surface area contributed by atoms with Crippen molar-refractivity contribution in [3.05, 3.63) is 55.1 Å². The minimum Gasteiger partial charge on any atom is -0.370 e. The first kappa shape index (κ1) is 16.5. The number of hydrogen-bond acceptors (Lipinski definition) is 5. The van der Waals surface area contributed by atoms with Crippen LogP contribution in [0, 0.1) is 17.2 Å². The molecule has 1 saturated heterocycles. The number of nitrogens with zero attached hydrogens (tertiary/aromatic N) is 6. The van der Waals surface area contributed by atoms with Gasteiger partial charge in [0.15, 0.2) is 0 Å². The number of nitrogens with one attached hydrogen (secondary N) is 1. The summed E-state index contributed by atoms with van der Waals surface area (Å²) in [6.45, 7) is 1.76. The van der Waals surface area contributed by atoms with Gasteiger partial charge in [-0.15, -0.1) is 5.10 Å². The Balaban J connectivity index is 1.57. The zero-order valence-electron chi connectivity index (χ0n) is 15.3. The largest absolute Gasteiger partial charge is 0.370 e. The van der Waals surface area contributed by atoms with Gasteiger partial charge in [0.25, 0.3) is 0 Å². The Hall–Kier alpha value is -3.66. The van der Waals surface area contributed by atoms with Crippen LogP contribution in [0.2, 0.25) is 0 Å². The maximum absolute atomic E-state index is 9.23. The molecule has 0 saturated carbocycles. The van der Waals surface area contributed by atoms with Crippen LogP contribution in [0.3, 0.4) is 0 Å². The quantitative estimate of drug-likeness (QED) is 0.597. The van der Waals surface area contributed by atoms with Crippen molar-refractivity contribution < 1.29 is 0 Å². The molecule has 0 amide bonds. The van der Waals surface area contributed by atoms with Crippen molar-refractivity contribution in [2.45, 2.75) is 12.8 Å². The molecule has 0 atom stereocenters. The summed E-state index contributed by atoms with van der Waals surface area (Å²) in [5.41, 5.74) is 5.26. The number of aromatic amines is 1. The smallest absolute Gasteiger partial charge is 0.139 e. The van der Waals surface area contributed by atoms with Gasteiger partial charge in [0.1, 0.15) is 5.65 Å². The molecule has 1 aromatic carbocycles. The number of anilines is 1. The lowest BCUT2D eigenvalue weighted by atomic mass is 9.96. The summed E-state index contributed by atoms with van der Waals surface area (Å²) in [6.07, 6.45) is 9.16. The maximum Gasteiger partial charge on any atom is 0.139 e. The SMILES string of the molecule is N#CC1CCN(c2c(-c3ccc(-n4ccnn4)cc3)cnc3[nH]ccc23)CC1. The Morgan fingerprint density at radius 2 is 1.93 bits per heavy atom.